The van der Waals surface area contributed by atoms with E-state index in [0.717, 1.165) is 0 Å². The maximum Gasteiger partial charge on any atom is 0.253 e. The molecular formula is C13H16N2O2. The molecule has 1 amide bonds. The minimum Gasteiger partial charge on any atom is -0.393 e. The van der Waals surface area contributed by atoms with E-state index in [1.807, 2.05) is 6.07 Å². The Labute approximate surface area is 101 Å². The highest BCUT2D eigenvalue weighted by molar-refractivity contribution is 5.94. The Hall–Kier alpha value is -1.86. The Bertz CT molecular complexity index is 418. The number of carbonyl (C=O) groups is 1. The van der Waals surface area contributed by atoms with E-state index in [-0.39, 0.29) is 5.91 Å². The fourth-order valence-electron chi connectivity index (χ4n) is 1.39. The highest BCUT2D eigenvalue weighted by Crippen LogP contribution is 2.07. The third kappa shape index (κ3) is 3.89. The van der Waals surface area contributed by atoms with Crippen LogP contribution in [0.3, 0.4) is 0 Å². The molecule has 0 saturated heterocycles. The summed E-state index contributed by atoms with van der Waals surface area (Å²) in [4.78, 5) is 13.5. The number of rotatable bonds is 4. The van der Waals surface area contributed by atoms with E-state index < -0.39 is 6.10 Å². The maximum atomic E-state index is 11.9. The highest BCUT2D eigenvalue weighted by Gasteiger charge is 2.11. The first kappa shape index (κ1) is 13.2. The molecule has 1 unspecified atom stereocenters. The van der Waals surface area contributed by atoms with E-state index in [0.29, 0.717) is 24.1 Å². The Morgan fingerprint density at radius 2 is 2.06 bits per heavy atom. The largest absolute Gasteiger partial charge is 0.393 e. The van der Waals surface area contributed by atoms with E-state index in [1.165, 1.54) is 0 Å². The van der Waals surface area contributed by atoms with Crippen LogP contribution in [0, 0.1) is 11.3 Å². The Kier molecular flexibility index (Phi) is 4.68. The van der Waals surface area contributed by atoms with Crippen LogP contribution in [0.25, 0.3) is 0 Å². The number of aliphatic hydroxyl groups is 1. The normalized spacial score (nSPS) is 11.6. The van der Waals surface area contributed by atoms with Gasteiger partial charge in [0.05, 0.1) is 17.7 Å². The average Bonchev–Trinajstić information content (AvgIpc) is 2.35. The summed E-state index contributed by atoms with van der Waals surface area (Å²) in [5.74, 6) is -0.102. The second kappa shape index (κ2) is 6.02. The van der Waals surface area contributed by atoms with Crippen LogP contribution in [-0.2, 0) is 0 Å². The smallest absolute Gasteiger partial charge is 0.253 e. The van der Waals surface area contributed by atoms with Gasteiger partial charge in [-0.25, -0.2) is 0 Å². The lowest BCUT2D eigenvalue weighted by Gasteiger charge is -2.18. The number of benzene rings is 1. The van der Waals surface area contributed by atoms with Crippen molar-refractivity contribution in [2.24, 2.45) is 0 Å². The average molecular weight is 232 g/mol. The van der Waals surface area contributed by atoms with Gasteiger partial charge in [-0.2, -0.15) is 5.26 Å². The van der Waals surface area contributed by atoms with Gasteiger partial charge in [0.25, 0.3) is 5.91 Å². The monoisotopic (exact) mass is 232 g/mol. The van der Waals surface area contributed by atoms with Gasteiger partial charge in [0.2, 0.25) is 0 Å². The first-order chi connectivity index (χ1) is 8.04. The standard InChI is InChI=1S/C13H16N2O2/c1-10(16)7-8-15(2)13(17)12-5-3-11(9-14)4-6-12/h3-6,10,16H,7-8H2,1-2H3. The molecule has 1 atom stereocenters. The molecule has 0 fully saturated rings. The summed E-state index contributed by atoms with van der Waals surface area (Å²) in [7, 11) is 1.70. The van der Waals surface area contributed by atoms with Crippen molar-refractivity contribution in [3.05, 3.63) is 35.4 Å². The highest BCUT2D eigenvalue weighted by atomic mass is 16.3. The molecule has 0 spiro atoms. The number of carbonyl (C=O) groups excluding carboxylic acids is 1. The van der Waals surface area contributed by atoms with Crippen molar-refractivity contribution in [2.75, 3.05) is 13.6 Å². The van der Waals surface area contributed by atoms with Crippen LogP contribution in [0.2, 0.25) is 0 Å². The molecule has 1 aromatic carbocycles. The molecule has 17 heavy (non-hydrogen) atoms. The fourth-order valence-corrected chi connectivity index (χ4v) is 1.39. The third-order valence-electron chi connectivity index (χ3n) is 2.49. The molecule has 0 bridgehead atoms. The molecule has 0 saturated carbocycles. The minimum atomic E-state index is -0.411. The van der Waals surface area contributed by atoms with Crippen LogP contribution in [0.15, 0.2) is 24.3 Å². The molecule has 0 aliphatic carbocycles. The maximum absolute atomic E-state index is 11.9. The zero-order valence-corrected chi connectivity index (χ0v) is 10.1. The van der Waals surface area contributed by atoms with Crippen molar-refractivity contribution in [3.8, 4) is 6.07 Å². The van der Waals surface area contributed by atoms with Crippen LogP contribution in [0.4, 0.5) is 0 Å². The third-order valence-corrected chi connectivity index (χ3v) is 2.49. The summed E-state index contributed by atoms with van der Waals surface area (Å²) in [6.45, 7) is 2.20. The van der Waals surface area contributed by atoms with E-state index in [9.17, 15) is 4.79 Å². The first-order valence-electron chi connectivity index (χ1n) is 5.48. The zero-order chi connectivity index (χ0) is 12.8. The summed E-state index contributed by atoms with van der Waals surface area (Å²) in [6.07, 6.45) is 0.143. The van der Waals surface area contributed by atoms with Gasteiger partial charge >= 0.3 is 0 Å². The molecule has 0 aromatic heterocycles. The fraction of sp³-hybridized carbons (Fsp3) is 0.385. The van der Waals surface area contributed by atoms with Gasteiger partial charge in [-0.05, 0) is 37.6 Å². The lowest BCUT2D eigenvalue weighted by Crippen LogP contribution is -2.29. The summed E-state index contributed by atoms with van der Waals surface area (Å²) < 4.78 is 0. The number of amides is 1. The van der Waals surface area contributed by atoms with Crippen LogP contribution >= 0.6 is 0 Å². The topological polar surface area (TPSA) is 64.3 Å². The van der Waals surface area contributed by atoms with Gasteiger partial charge in [0.15, 0.2) is 0 Å². The molecule has 1 N–H and O–H groups in total. The van der Waals surface area contributed by atoms with Crippen LogP contribution in [0.5, 0.6) is 0 Å². The molecule has 0 radical (unpaired) electrons. The second-order valence-corrected chi connectivity index (χ2v) is 4.05. The number of nitriles is 1. The number of nitrogens with zero attached hydrogens (tertiary/aromatic N) is 2. The van der Waals surface area contributed by atoms with Gasteiger partial charge in [-0.1, -0.05) is 0 Å². The summed E-state index contributed by atoms with van der Waals surface area (Å²) in [6, 6.07) is 8.52. The van der Waals surface area contributed by atoms with Crippen molar-refractivity contribution in [2.45, 2.75) is 19.4 Å². The SMILES string of the molecule is CC(O)CCN(C)C(=O)c1ccc(C#N)cc1. The van der Waals surface area contributed by atoms with Crippen molar-refractivity contribution in [3.63, 3.8) is 0 Å². The number of hydrogen-bond acceptors (Lipinski definition) is 3. The molecule has 0 aliphatic rings. The molecular weight excluding hydrogens is 216 g/mol. The Balaban J connectivity index is 2.65. The Morgan fingerprint density at radius 3 is 2.53 bits per heavy atom. The minimum absolute atomic E-state index is 0.102. The molecule has 1 rings (SSSR count). The summed E-state index contributed by atoms with van der Waals surface area (Å²) in [5.41, 5.74) is 1.09. The van der Waals surface area contributed by atoms with E-state index >= 15 is 0 Å². The van der Waals surface area contributed by atoms with E-state index in [1.54, 1.807) is 43.1 Å². The molecule has 0 heterocycles. The molecule has 0 aliphatic heterocycles. The van der Waals surface area contributed by atoms with Crippen molar-refractivity contribution >= 4 is 5.91 Å². The first-order valence-corrected chi connectivity index (χ1v) is 5.48. The van der Waals surface area contributed by atoms with Gasteiger partial charge in [0.1, 0.15) is 0 Å². The van der Waals surface area contributed by atoms with Crippen LogP contribution in [0.1, 0.15) is 29.3 Å². The van der Waals surface area contributed by atoms with E-state index in [2.05, 4.69) is 0 Å². The number of hydrogen-bond donors (Lipinski definition) is 1. The second-order valence-electron chi connectivity index (χ2n) is 4.05. The molecule has 4 heteroatoms. The number of aliphatic hydroxyl groups excluding tert-OH is 1. The van der Waals surface area contributed by atoms with Crippen LogP contribution in [-0.4, -0.2) is 35.6 Å². The quantitative estimate of drug-likeness (QED) is 0.853. The van der Waals surface area contributed by atoms with Crippen LogP contribution < -0.4 is 0 Å². The summed E-state index contributed by atoms with van der Waals surface area (Å²) >= 11 is 0. The molecule has 4 nitrogen and oxygen atoms in total. The predicted octanol–water partition coefficient (Wildman–Crippen LogP) is 1.40. The van der Waals surface area contributed by atoms with Gasteiger partial charge in [-0.3, -0.25) is 4.79 Å². The Morgan fingerprint density at radius 1 is 1.47 bits per heavy atom. The lowest BCUT2D eigenvalue weighted by molar-refractivity contribution is 0.0769. The van der Waals surface area contributed by atoms with E-state index in [4.69, 9.17) is 10.4 Å². The van der Waals surface area contributed by atoms with Crippen molar-refractivity contribution in [1.82, 2.24) is 4.90 Å². The van der Waals surface area contributed by atoms with Gasteiger partial charge < -0.3 is 10.0 Å². The predicted molar refractivity (Wildman–Crippen MR) is 64.4 cm³/mol. The lowest BCUT2D eigenvalue weighted by atomic mass is 10.1. The van der Waals surface area contributed by atoms with Crippen molar-refractivity contribution < 1.29 is 9.90 Å². The summed E-state index contributed by atoms with van der Waals surface area (Å²) in [5, 5.41) is 17.8. The van der Waals surface area contributed by atoms with Gasteiger partial charge in [-0.15, -0.1) is 0 Å². The van der Waals surface area contributed by atoms with Gasteiger partial charge in [0, 0.05) is 19.2 Å². The molecule has 90 valence electrons. The molecule has 1 aromatic rings. The van der Waals surface area contributed by atoms with Crippen molar-refractivity contribution in [1.29, 1.82) is 5.26 Å². The zero-order valence-electron chi connectivity index (χ0n) is 10.1.